The summed E-state index contributed by atoms with van der Waals surface area (Å²) in [6.45, 7) is -0.238. The molecule has 4 heteroatoms. The molecule has 4 nitrogen and oxygen atoms in total. The van der Waals surface area contributed by atoms with Gasteiger partial charge < -0.3 is 9.47 Å². The zero-order valence-electron chi connectivity index (χ0n) is 10.1. The lowest BCUT2D eigenvalue weighted by atomic mass is 10.2. The Morgan fingerprint density at radius 2 is 1.68 bits per heavy atom. The zero-order valence-corrected chi connectivity index (χ0v) is 10.1. The Hall–Kier alpha value is -2.62. The maximum Gasteiger partial charge on any atom is 0.340 e. The number of carbonyl (C=O) groups is 2. The van der Waals surface area contributed by atoms with E-state index in [1.54, 1.807) is 48.5 Å². The zero-order chi connectivity index (χ0) is 13.5. The Labute approximate surface area is 110 Å². The maximum absolute atomic E-state index is 11.6. The molecule has 2 aromatic rings. The van der Waals surface area contributed by atoms with Crippen LogP contribution in [0.1, 0.15) is 20.7 Å². The van der Waals surface area contributed by atoms with Crippen molar-refractivity contribution in [2.75, 3.05) is 6.79 Å². The summed E-state index contributed by atoms with van der Waals surface area (Å²) in [5.41, 5.74) is 0.869. The standard InChI is InChI=1S/C15H12O4/c16-10-13-8-4-5-9-14(13)18-11-19-15(17)12-6-2-1-3-7-12/h1-10H,11H2. The van der Waals surface area contributed by atoms with Gasteiger partial charge in [-0.2, -0.15) is 0 Å². The summed E-state index contributed by atoms with van der Waals surface area (Å²) >= 11 is 0. The molecule has 0 unspecified atom stereocenters. The summed E-state index contributed by atoms with van der Waals surface area (Å²) in [6.07, 6.45) is 0.689. The van der Waals surface area contributed by atoms with Crippen molar-refractivity contribution in [1.82, 2.24) is 0 Å². The van der Waals surface area contributed by atoms with Crippen molar-refractivity contribution in [3.05, 3.63) is 65.7 Å². The SMILES string of the molecule is O=Cc1ccccc1OCOC(=O)c1ccccc1. The van der Waals surface area contributed by atoms with E-state index in [1.165, 1.54) is 0 Å². The van der Waals surface area contributed by atoms with Crippen LogP contribution in [0, 0.1) is 0 Å². The minimum atomic E-state index is -0.468. The van der Waals surface area contributed by atoms with Gasteiger partial charge in [0, 0.05) is 0 Å². The average molecular weight is 256 g/mol. The molecule has 0 N–H and O–H groups in total. The van der Waals surface area contributed by atoms with E-state index >= 15 is 0 Å². The van der Waals surface area contributed by atoms with Crippen molar-refractivity contribution in [2.24, 2.45) is 0 Å². The number of ether oxygens (including phenoxy) is 2. The second-order valence-electron chi connectivity index (χ2n) is 3.72. The summed E-state index contributed by atoms with van der Waals surface area (Å²) in [6, 6.07) is 15.4. The molecular formula is C15H12O4. The Morgan fingerprint density at radius 1 is 1.00 bits per heavy atom. The second kappa shape index (κ2) is 6.35. The van der Waals surface area contributed by atoms with Gasteiger partial charge in [-0.15, -0.1) is 0 Å². The number of para-hydroxylation sites is 1. The molecule has 0 aliphatic rings. The number of benzene rings is 2. The van der Waals surface area contributed by atoms with Crippen LogP contribution in [0.5, 0.6) is 5.75 Å². The van der Waals surface area contributed by atoms with Gasteiger partial charge in [-0.1, -0.05) is 30.3 Å². The van der Waals surface area contributed by atoms with Crippen molar-refractivity contribution in [2.45, 2.75) is 0 Å². The first-order chi connectivity index (χ1) is 9.31. The van der Waals surface area contributed by atoms with Gasteiger partial charge in [-0.3, -0.25) is 4.79 Å². The molecule has 0 bridgehead atoms. The van der Waals surface area contributed by atoms with E-state index in [0.29, 0.717) is 23.2 Å². The van der Waals surface area contributed by atoms with Gasteiger partial charge >= 0.3 is 5.97 Å². The van der Waals surface area contributed by atoms with Crippen LogP contribution in [0.25, 0.3) is 0 Å². The van der Waals surface area contributed by atoms with Crippen molar-refractivity contribution in [3.63, 3.8) is 0 Å². The van der Waals surface area contributed by atoms with Crippen LogP contribution in [0.4, 0.5) is 0 Å². The van der Waals surface area contributed by atoms with E-state index in [1.807, 2.05) is 6.07 Å². The predicted octanol–water partition coefficient (Wildman–Crippen LogP) is 2.69. The highest BCUT2D eigenvalue weighted by Gasteiger charge is 2.07. The van der Waals surface area contributed by atoms with Crippen LogP contribution in [-0.4, -0.2) is 19.0 Å². The van der Waals surface area contributed by atoms with Gasteiger partial charge in [0.1, 0.15) is 5.75 Å². The number of esters is 1. The second-order valence-corrected chi connectivity index (χ2v) is 3.72. The number of hydrogen-bond donors (Lipinski definition) is 0. The van der Waals surface area contributed by atoms with Gasteiger partial charge in [0.25, 0.3) is 0 Å². The van der Waals surface area contributed by atoms with Gasteiger partial charge in [0.2, 0.25) is 6.79 Å². The first-order valence-corrected chi connectivity index (χ1v) is 5.70. The molecule has 0 fully saturated rings. The molecule has 0 saturated heterocycles. The van der Waals surface area contributed by atoms with Crippen LogP contribution in [0.15, 0.2) is 54.6 Å². The molecule has 0 aliphatic heterocycles. The molecule has 0 saturated carbocycles. The highest BCUT2D eigenvalue weighted by atomic mass is 16.7. The minimum Gasteiger partial charge on any atom is -0.457 e. The molecule has 0 amide bonds. The highest BCUT2D eigenvalue weighted by Crippen LogP contribution is 2.15. The third-order valence-electron chi connectivity index (χ3n) is 2.46. The van der Waals surface area contributed by atoms with Crippen molar-refractivity contribution < 1.29 is 19.1 Å². The third kappa shape index (κ3) is 3.42. The van der Waals surface area contributed by atoms with E-state index in [4.69, 9.17) is 9.47 Å². The number of hydrogen-bond acceptors (Lipinski definition) is 4. The number of rotatable bonds is 5. The molecule has 0 aliphatic carbocycles. The van der Waals surface area contributed by atoms with E-state index in [2.05, 4.69) is 0 Å². The van der Waals surface area contributed by atoms with E-state index < -0.39 is 5.97 Å². The molecule has 0 aromatic heterocycles. The van der Waals surface area contributed by atoms with Gasteiger partial charge in [0.15, 0.2) is 6.29 Å². The molecule has 0 spiro atoms. The largest absolute Gasteiger partial charge is 0.457 e. The lowest BCUT2D eigenvalue weighted by Crippen LogP contribution is -2.11. The molecule has 96 valence electrons. The molecule has 2 aromatic carbocycles. The first-order valence-electron chi connectivity index (χ1n) is 5.70. The van der Waals surface area contributed by atoms with Crippen LogP contribution < -0.4 is 4.74 Å². The normalized spacial score (nSPS) is 9.68. The fourth-order valence-electron chi connectivity index (χ4n) is 1.51. The minimum absolute atomic E-state index is 0.238. The number of aldehydes is 1. The molecule has 0 atom stereocenters. The molecule has 0 radical (unpaired) electrons. The predicted molar refractivity (Wildman–Crippen MR) is 69.2 cm³/mol. The summed E-state index contributed by atoms with van der Waals surface area (Å²) in [4.78, 5) is 22.4. The molecule has 19 heavy (non-hydrogen) atoms. The average Bonchev–Trinajstić information content (AvgIpc) is 2.48. The van der Waals surface area contributed by atoms with Crippen molar-refractivity contribution in [1.29, 1.82) is 0 Å². The quantitative estimate of drug-likeness (QED) is 0.469. The smallest absolute Gasteiger partial charge is 0.340 e. The summed E-state index contributed by atoms with van der Waals surface area (Å²) in [5.74, 6) is -0.0810. The van der Waals surface area contributed by atoms with Crippen LogP contribution >= 0.6 is 0 Å². The Kier molecular flexibility index (Phi) is 4.29. The Bertz CT molecular complexity index is 563. The lowest BCUT2D eigenvalue weighted by molar-refractivity contribution is 0.0153. The third-order valence-corrected chi connectivity index (χ3v) is 2.46. The van der Waals surface area contributed by atoms with Crippen LogP contribution in [-0.2, 0) is 4.74 Å². The first kappa shape index (κ1) is 12.8. The maximum atomic E-state index is 11.6. The van der Waals surface area contributed by atoms with E-state index in [9.17, 15) is 9.59 Å². The van der Waals surface area contributed by atoms with Gasteiger partial charge in [-0.05, 0) is 24.3 Å². The fourth-order valence-corrected chi connectivity index (χ4v) is 1.51. The molecular weight excluding hydrogens is 244 g/mol. The summed E-state index contributed by atoms with van der Waals surface area (Å²) in [5, 5.41) is 0. The lowest BCUT2D eigenvalue weighted by Gasteiger charge is -2.08. The summed E-state index contributed by atoms with van der Waals surface area (Å²) < 4.78 is 10.2. The van der Waals surface area contributed by atoms with Gasteiger partial charge in [0.05, 0.1) is 11.1 Å². The molecule has 2 rings (SSSR count). The van der Waals surface area contributed by atoms with Crippen LogP contribution in [0.2, 0.25) is 0 Å². The fraction of sp³-hybridized carbons (Fsp3) is 0.0667. The Balaban J connectivity index is 1.90. The van der Waals surface area contributed by atoms with Crippen molar-refractivity contribution >= 4 is 12.3 Å². The summed E-state index contributed by atoms with van der Waals surface area (Å²) in [7, 11) is 0. The van der Waals surface area contributed by atoms with Gasteiger partial charge in [-0.25, -0.2) is 4.79 Å². The Morgan fingerprint density at radius 3 is 2.42 bits per heavy atom. The van der Waals surface area contributed by atoms with Crippen LogP contribution in [0.3, 0.4) is 0 Å². The van der Waals surface area contributed by atoms with E-state index in [0.717, 1.165) is 0 Å². The topological polar surface area (TPSA) is 52.6 Å². The monoisotopic (exact) mass is 256 g/mol. The highest BCUT2D eigenvalue weighted by molar-refractivity contribution is 5.89. The van der Waals surface area contributed by atoms with E-state index in [-0.39, 0.29) is 6.79 Å². The van der Waals surface area contributed by atoms with Crippen molar-refractivity contribution in [3.8, 4) is 5.75 Å². The number of carbonyl (C=O) groups excluding carboxylic acids is 2. The molecule has 0 heterocycles.